The van der Waals surface area contributed by atoms with Crippen LogP contribution in [0, 0.1) is 0 Å². The average Bonchev–Trinajstić information content (AvgIpc) is 3.34. The molecule has 4 rings (SSSR count). The lowest BCUT2D eigenvalue weighted by Crippen LogP contribution is -2.36. The Balaban J connectivity index is 1.81. The molecule has 0 saturated carbocycles. The van der Waals surface area contributed by atoms with Gasteiger partial charge in [-0.2, -0.15) is 5.10 Å². The van der Waals surface area contributed by atoms with Crippen LogP contribution in [0.15, 0.2) is 64.1 Å². The molecule has 3 aromatic rings. The number of halogens is 1. The Morgan fingerprint density at radius 3 is 2.66 bits per heavy atom. The number of rotatable bonds is 6. The van der Waals surface area contributed by atoms with Crippen molar-refractivity contribution in [2.75, 3.05) is 7.11 Å². The number of nitrogens with zero attached hydrogens (tertiary/aromatic N) is 3. The molecule has 1 unspecified atom stereocenters. The highest BCUT2D eigenvalue weighted by Gasteiger charge is 2.35. The molecule has 2 aromatic carbocycles. The second-order valence-corrected chi connectivity index (χ2v) is 9.90. The maximum atomic E-state index is 13.1. The summed E-state index contributed by atoms with van der Waals surface area (Å²) in [7, 11) is 1.63. The van der Waals surface area contributed by atoms with Gasteiger partial charge in [0, 0.05) is 23.4 Å². The Labute approximate surface area is 205 Å². The maximum absolute atomic E-state index is 13.1. The third-order valence-corrected chi connectivity index (χ3v) is 7.28. The molecule has 0 aliphatic carbocycles. The molecule has 0 radical (unpaired) electrons. The van der Waals surface area contributed by atoms with Crippen LogP contribution in [0.2, 0.25) is 0 Å². The second-order valence-electron chi connectivity index (χ2n) is 7.37. The molecule has 1 fully saturated rings. The number of aromatic nitrogens is 2. The van der Waals surface area contributed by atoms with Crippen molar-refractivity contribution in [1.29, 1.82) is 0 Å². The Morgan fingerprint density at radius 2 is 2.00 bits per heavy atom. The molecule has 0 bridgehead atoms. The quantitative estimate of drug-likeness (QED) is 0.277. The topological polar surface area (TPSA) is 47.4 Å². The zero-order valence-electron chi connectivity index (χ0n) is 17.9. The zero-order valence-corrected chi connectivity index (χ0v) is 21.1. The highest BCUT2D eigenvalue weighted by atomic mass is 79.9. The van der Waals surface area contributed by atoms with Crippen LogP contribution in [0.4, 0.5) is 0 Å². The van der Waals surface area contributed by atoms with Crippen LogP contribution < -0.4 is 4.74 Å². The molecule has 2 heterocycles. The summed E-state index contributed by atoms with van der Waals surface area (Å²) in [5.74, 6) is 0.691. The molecule has 1 aromatic heterocycles. The number of hydrogen-bond donors (Lipinski definition) is 0. The molecular formula is C24H22BrN3O2S2. The number of ether oxygens (including phenoxy) is 1. The van der Waals surface area contributed by atoms with E-state index in [4.69, 9.17) is 22.1 Å². The first-order valence-electron chi connectivity index (χ1n) is 10.2. The van der Waals surface area contributed by atoms with Gasteiger partial charge in [0.2, 0.25) is 0 Å². The smallest absolute Gasteiger partial charge is 0.266 e. The van der Waals surface area contributed by atoms with Gasteiger partial charge in [-0.1, -0.05) is 49.1 Å². The van der Waals surface area contributed by atoms with E-state index in [-0.39, 0.29) is 11.9 Å². The van der Waals surface area contributed by atoms with E-state index in [1.165, 1.54) is 11.8 Å². The van der Waals surface area contributed by atoms with Crippen molar-refractivity contribution < 1.29 is 9.53 Å². The highest BCUT2D eigenvalue weighted by molar-refractivity contribution is 9.10. The maximum Gasteiger partial charge on any atom is 0.266 e. The van der Waals surface area contributed by atoms with Gasteiger partial charge in [-0.25, -0.2) is 4.68 Å². The number of hydrogen-bond acceptors (Lipinski definition) is 5. The van der Waals surface area contributed by atoms with E-state index in [1.807, 2.05) is 72.4 Å². The van der Waals surface area contributed by atoms with Crippen molar-refractivity contribution >= 4 is 56.2 Å². The van der Waals surface area contributed by atoms with Crippen LogP contribution in [0.25, 0.3) is 23.0 Å². The van der Waals surface area contributed by atoms with Crippen LogP contribution in [0.1, 0.15) is 25.8 Å². The van der Waals surface area contributed by atoms with Crippen LogP contribution in [-0.2, 0) is 4.79 Å². The fourth-order valence-electron chi connectivity index (χ4n) is 3.43. The van der Waals surface area contributed by atoms with Gasteiger partial charge in [0.25, 0.3) is 5.91 Å². The minimum absolute atomic E-state index is 0.0522. The van der Waals surface area contributed by atoms with Gasteiger partial charge in [-0.05, 0) is 65.7 Å². The summed E-state index contributed by atoms with van der Waals surface area (Å²) < 4.78 is 8.63. The summed E-state index contributed by atoms with van der Waals surface area (Å²) in [5.41, 5.74) is 3.46. The SMILES string of the molecule is CCC(C)N1C(=O)/C(=C\c2cn(-c3ccccc3)nc2-c2ccc(OC)c(Br)c2)SC1=S. The fourth-order valence-corrected chi connectivity index (χ4v) is 5.42. The first kappa shape index (κ1) is 22.8. The van der Waals surface area contributed by atoms with Crippen LogP contribution >= 0.6 is 39.9 Å². The normalized spacial score (nSPS) is 16.1. The molecule has 32 heavy (non-hydrogen) atoms. The van der Waals surface area contributed by atoms with Gasteiger partial charge in [0.1, 0.15) is 15.8 Å². The lowest BCUT2D eigenvalue weighted by Gasteiger charge is -2.21. The molecule has 1 aliphatic rings. The number of carbonyl (C=O) groups is 1. The van der Waals surface area contributed by atoms with Gasteiger partial charge in [-0.3, -0.25) is 9.69 Å². The summed E-state index contributed by atoms with van der Waals surface area (Å²) in [6.07, 6.45) is 4.68. The standard InChI is InChI=1S/C24H22BrN3O2S2/c1-4-15(2)28-23(29)21(32-24(28)31)13-17-14-27(18-8-6-5-7-9-18)26-22(17)16-10-11-20(30-3)19(25)12-16/h5-15H,4H2,1-3H3/b21-13+. The van der Waals surface area contributed by atoms with Crippen molar-refractivity contribution in [2.45, 2.75) is 26.3 Å². The van der Waals surface area contributed by atoms with Crippen molar-refractivity contribution in [1.82, 2.24) is 14.7 Å². The predicted molar refractivity (Wildman–Crippen MR) is 138 cm³/mol. The molecule has 1 atom stereocenters. The molecule has 164 valence electrons. The summed E-state index contributed by atoms with van der Waals surface area (Å²) >= 11 is 10.4. The largest absolute Gasteiger partial charge is 0.496 e. The molecule has 0 spiro atoms. The first-order chi connectivity index (χ1) is 15.4. The summed E-state index contributed by atoms with van der Waals surface area (Å²) in [5, 5.41) is 4.85. The number of amides is 1. The van der Waals surface area contributed by atoms with E-state index in [0.717, 1.165) is 39.2 Å². The minimum atomic E-state index is -0.0522. The van der Waals surface area contributed by atoms with Gasteiger partial charge >= 0.3 is 0 Å². The molecule has 0 N–H and O–H groups in total. The number of methoxy groups -OCH3 is 1. The van der Waals surface area contributed by atoms with Gasteiger partial charge in [-0.15, -0.1) is 0 Å². The molecule has 8 heteroatoms. The Hall–Kier alpha value is -2.42. The van der Waals surface area contributed by atoms with E-state index >= 15 is 0 Å². The lowest BCUT2D eigenvalue weighted by atomic mass is 10.1. The van der Waals surface area contributed by atoms with Crippen LogP contribution in [-0.4, -0.2) is 38.1 Å². The molecule has 5 nitrogen and oxygen atoms in total. The molecule has 1 amide bonds. The first-order valence-corrected chi connectivity index (χ1v) is 12.2. The van der Waals surface area contributed by atoms with E-state index in [0.29, 0.717) is 9.23 Å². The summed E-state index contributed by atoms with van der Waals surface area (Å²) in [6.45, 7) is 4.07. The lowest BCUT2D eigenvalue weighted by molar-refractivity contribution is -0.123. The minimum Gasteiger partial charge on any atom is -0.496 e. The van der Waals surface area contributed by atoms with Crippen LogP contribution in [0.5, 0.6) is 5.75 Å². The number of thioether (sulfide) groups is 1. The van der Waals surface area contributed by atoms with Crippen molar-refractivity contribution in [2.24, 2.45) is 0 Å². The molecule has 1 saturated heterocycles. The molecular weight excluding hydrogens is 506 g/mol. The van der Waals surface area contributed by atoms with E-state index in [2.05, 4.69) is 22.9 Å². The fraction of sp³-hybridized carbons (Fsp3) is 0.208. The van der Waals surface area contributed by atoms with E-state index in [1.54, 1.807) is 12.0 Å². The van der Waals surface area contributed by atoms with E-state index in [9.17, 15) is 4.79 Å². The summed E-state index contributed by atoms with van der Waals surface area (Å²) in [4.78, 5) is 15.4. The average molecular weight is 528 g/mol. The Bertz CT molecular complexity index is 1210. The van der Waals surface area contributed by atoms with Crippen LogP contribution in [0.3, 0.4) is 0 Å². The Morgan fingerprint density at radius 1 is 1.25 bits per heavy atom. The highest BCUT2D eigenvalue weighted by Crippen LogP contribution is 2.37. The Kier molecular flexibility index (Phi) is 6.83. The molecule has 1 aliphatic heterocycles. The predicted octanol–water partition coefficient (Wildman–Crippen LogP) is 6.31. The third-order valence-electron chi connectivity index (χ3n) is 5.33. The second kappa shape index (κ2) is 9.60. The zero-order chi connectivity index (χ0) is 22.8. The number of carbonyl (C=O) groups excluding carboxylic acids is 1. The number of thiocarbonyl (C=S) groups is 1. The van der Waals surface area contributed by atoms with Crippen molar-refractivity contribution in [3.05, 3.63) is 69.7 Å². The number of para-hydroxylation sites is 1. The number of benzene rings is 2. The van der Waals surface area contributed by atoms with E-state index < -0.39 is 0 Å². The van der Waals surface area contributed by atoms with Crippen molar-refractivity contribution in [3.63, 3.8) is 0 Å². The van der Waals surface area contributed by atoms with Gasteiger partial charge in [0.05, 0.1) is 22.2 Å². The van der Waals surface area contributed by atoms with Crippen molar-refractivity contribution in [3.8, 4) is 22.7 Å². The third kappa shape index (κ3) is 4.40. The monoisotopic (exact) mass is 527 g/mol. The van der Waals surface area contributed by atoms with Gasteiger partial charge < -0.3 is 4.74 Å². The summed E-state index contributed by atoms with van der Waals surface area (Å²) in [6, 6.07) is 15.8. The van der Waals surface area contributed by atoms with Gasteiger partial charge in [0.15, 0.2) is 0 Å².